The lowest BCUT2D eigenvalue weighted by molar-refractivity contribution is -0.384. The molecule has 0 aromatic heterocycles. The molecule has 8 nitrogen and oxygen atoms in total. The fourth-order valence-corrected chi connectivity index (χ4v) is 3.57. The van der Waals surface area contributed by atoms with Gasteiger partial charge in [0, 0.05) is 23.9 Å². The maximum absolute atomic E-state index is 13.4. The van der Waals surface area contributed by atoms with E-state index in [0.29, 0.717) is 28.4 Å². The average molecular weight is 389 g/mol. The minimum absolute atomic E-state index is 0.00841. The van der Waals surface area contributed by atoms with Crippen LogP contribution in [0.4, 0.5) is 17.1 Å². The van der Waals surface area contributed by atoms with Crippen molar-refractivity contribution in [3.05, 3.63) is 88.0 Å². The standard InChI is InChI=1S/C21H15N3O5/c25-21-16-3-1-2-4-17(16)22-20(13-5-7-14(8-6-13)24(26)27)23(21)15-9-10-18-19(11-15)29-12-28-18/h1-11,20,22H,12H2. The number of nitro groups is 1. The molecule has 1 amide bonds. The molecule has 0 bridgehead atoms. The number of anilines is 2. The fourth-order valence-electron chi connectivity index (χ4n) is 3.57. The number of carbonyl (C=O) groups excluding carboxylic acids is 1. The molecular weight excluding hydrogens is 374 g/mol. The number of nitrogens with zero attached hydrogens (tertiary/aromatic N) is 2. The number of benzene rings is 3. The Kier molecular flexibility index (Phi) is 3.83. The minimum atomic E-state index is -0.543. The van der Waals surface area contributed by atoms with E-state index in [4.69, 9.17) is 9.47 Å². The highest BCUT2D eigenvalue weighted by Gasteiger charge is 2.35. The number of nitro benzene ring substituents is 1. The summed E-state index contributed by atoms with van der Waals surface area (Å²) in [5.74, 6) is 1.01. The first kappa shape index (κ1) is 17.1. The molecule has 0 saturated heterocycles. The van der Waals surface area contributed by atoms with Gasteiger partial charge in [-0.2, -0.15) is 0 Å². The van der Waals surface area contributed by atoms with Crippen LogP contribution in [-0.4, -0.2) is 17.6 Å². The molecular formula is C21H15N3O5. The topological polar surface area (TPSA) is 93.9 Å². The average Bonchev–Trinajstić information content (AvgIpc) is 3.21. The summed E-state index contributed by atoms with van der Waals surface area (Å²) in [5, 5.41) is 14.4. The SMILES string of the molecule is O=C1c2ccccc2NC(c2ccc([N+](=O)[O-])cc2)N1c1ccc2c(c1)OCO2. The van der Waals surface area contributed by atoms with Gasteiger partial charge < -0.3 is 14.8 Å². The molecule has 3 aromatic rings. The minimum Gasteiger partial charge on any atom is -0.454 e. The third kappa shape index (κ3) is 2.82. The van der Waals surface area contributed by atoms with Crippen molar-refractivity contribution < 1.29 is 19.2 Å². The first-order valence-corrected chi connectivity index (χ1v) is 8.95. The summed E-state index contributed by atoms with van der Waals surface area (Å²) < 4.78 is 10.8. The van der Waals surface area contributed by atoms with Gasteiger partial charge in [-0.3, -0.25) is 19.8 Å². The zero-order chi connectivity index (χ0) is 20.0. The van der Waals surface area contributed by atoms with Gasteiger partial charge in [0.15, 0.2) is 11.5 Å². The van der Waals surface area contributed by atoms with Crippen molar-refractivity contribution in [3.8, 4) is 11.5 Å². The molecule has 29 heavy (non-hydrogen) atoms. The van der Waals surface area contributed by atoms with Crippen LogP contribution in [0.5, 0.6) is 11.5 Å². The molecule has 2 heterocycles. The molecule has 2 aliphatic rings. The van der Waals surface area contributed by atoms with E-state index in [1.807, 2.05) is 18.2 Å². The molecule has 0 radical (unpaired) electrons. The zero-order valence-electron chi connectivity index (χ0n) is 15.1. The summed E-state index contributed by atoms with van der Waals surface area (Å²) >= 11 is 0. The number of hydrogen-bond donors (Lipinski definition) is 1. The van der Waals surface area contributed by atoms with Crippen LogP contribution >= 0.6 is 0 Å². The molecule has 2 aliphatic heterocycles. The van der Waals surface area contributed by atoms with Crippen LogP contribution < -0.4 is 19.7 Å². The second kappa shape index (κ2) is 6.52. The first-order chi connectivity index (χ1) is 14.1. The van der Waals surface area contributed by atoms with Gasteiger partial charge in [0.25, 0.3) is 11.6 Å². The van der Waals surface area contributed by atoms with Gasteiger partial charge >= 0.3 is 0 Å². The highest BCUT2D eigenvalue weighted by Crippen LogP contribution is 2.41. The molecule has 3 aromatic carbocycles. The number of amides is 1. The van der Waals surface area contributed by atoms with Crippen molar-refractivity contribution in [1.29, 1.82) is 0 Å². The number of carbonyl (C=O) groups is 1. The van der Waals surface area contributed by atoms with Crippen molar-refractivity contribution in [2.45, 2.75) is 6.17 Å². The molecule has 1 N–H and O–H groups in total. The molecule has 0 saturated carbocycles. The summed E-state index contributed by atoms with van der Waals surface area (Å²) in [7, 11) is 0. The lowest BCUT2D eigenvalue weighted by atomic mass is 10.0. The Morgan fingerprint density at radius 1 is 1.00 bits per heavy atom. The van der Waals surface area contributed by atoms with Crippen LogP contribution in [0, 0.1) is 10.1 Å². The Hall–Kier alpha value is -4.07. The third-order valence-electron chi connectivity index (χ3n) is 4.98. The molecule has 0 fully saturated rings. The summed E-state index contributed by atoms with van der Waals surface area (Å²) in [4.78, 5) is 25.5. The fraction of sp³-hybridized carbons (Fsp3) is 0.0952. The second-order valence-corrected chi connectivity index (χ2v) is 6.65. The lowest BCUT2D eigenvalue weighted by Crippen LogP contribution is -2.43. The maximum Gasteiger partial charge on any atom is 0.269 e. The van der Waals surface area contributed by atoms with Gasteiger partial charge in [-0.05, 0) is 42.0 Å². The van der Waals surface area contributed by atoms with E-state index in [9.17, 15) is 14.9 Å². The number of hydrogen-bond acceptors (Lipinski definition) is 6. The van der Waals surface area contributed by atoms with Crippen molar-refractivity contribution in [3.63, 3.8) is 0 Å². The van der Waals surface area contributed by atoms with Crippen LogP contribution in [0.1, 0.15) is 22.1 Å². The molecule has 1 atom stereocenters. The monoisotopic (exact) mass is 389 g/mol. The van der Waals surface area contributed by atoms with Crippen LogP contribution in [0.25, 0.3) is 0 Å². The summed E-state index contributed by atoms with van der Waals surface area (Å²) in [5.41, 5.74) is 2.59. The van der Waals surface area contributed by atoms with E-state index in [0.717, 1.165) is 5.56 Å². The lowest BCUT2D eigenvalue weighted by Gasteiger charge is -2.38. The summed E-state index contributed by atoms with van der Waals surface area (Å²) in [6.45, 7) is 0.138. The number of para-hydroxylation sites is 1. The largest absolute Gasteiger partial charge is 0.454 e. The quantitative estimate of drug-likeness (QED) is 0.536. The van der Waals surface area contributed by atoms with Crippen molar-refractivity contribution in [2.24, 2.45) is 0 Å². The Morgan fingerprint density at radius 3 is 2.55 bits per heavy atom. The van der Waals surface area contributed by atoms with E-state index in [2.05, 4.69) is 5.32 Å². The normalized spacial score (nSPS) is 16.9. The van der Waals surface area contributed by atoms with Crippen molar-refractivity contribution >= 4 is 23.0 Å². The van der Waals surface area contributed by atoms with E-state index in [1.54, 1.807) is 41.3 Å². The molecule has 0 spiro atoms. The highest BCUT2D eigenvalue weighted by molar-refractivity contribution is 6.12. The molecule has 8 heteroatoms. The number of rotatable bonds is 3. The second-order valence-electron chi connectivity index (χ2n) is 6.65. The third-order valence-corrected chi connectivity index (χ3v) is 4.98. The Balaban J connectivity index is 1.62. The van der Waals surface area contributed by atoms with Crippen LogP contribution in [0.15, 0.2) is 66.7 Å². The Bertz CT molecular complexity index is 1130. The molecule has 5 rings (SSSR count). The van der Waals surface area contributed by atoms with Crippen molar-refractivity contribution in [1.82, 2.24) is 0 Å². The molecule has 144 valence electrons. The van der Waals surface area contributed by atoms with E-state index in [1.165, 1.54) is 12.1 Å². The first-order valence-electron chi connectivity index (χ1n) is 8.95. The van der Waals surface area contributed by atoms with Gasteiger partial charge in [-0.1, -0.05) is 12.1 Å². The molecule has 0 aliphatic carbocycles. The Labute approximate surface area is 165 Å². The highest BCUT2D eigenvalue weighted by atomic mass is 16.7. The van der Waals surface area contributed by atoms with Gasteiger partial charge in [0.05, 0.1) is 16.2 Å². The number of fused-ring (bicyclic) bond motifs is 2. The summed E-state index contributed by atoms with van der Waals surface area (Å²) in [6, 6.07) is 18.7. The number of nitrogens with one attached hydrogen (secondary N) is 1. The van der Waals surface area contributed by atoms with E-state index in [-0.39, 0.29) is 18.4 Å². The van der Waals surface area contributed by atoms with Crippen LogP contribution in [0.2, 0.25) is 0 Å². The van der Waals surface area contributed by atoms with E-state index >= 15 is 0 Å². The van der Waals surface area contributed by atoms with Gasteiger partial charge in [-0.25, -0.2) is 0 Å². The number of ether oxygens (including phenoxy) is 2. The van der Waals surface area contributed by atoms with Crippen LogP contribution in [0.3, 0.4) is 0 Å². The smallest absolute Gasteiger partial charge is 0.269 e. The van der Waals surface area contributed by atoms with Gasteiger partial charge in [-0.15, -0.1) is 0 Å². The predicted molar refractivity (Wildman–Crippen MR) is 105 cm³/mol. The van der Waals surface area contributed by atoms with Gasteiger partial charge in [0.1, 0.15) is 6.17 Å². The summed E-state index contributed by atoms with van der Waals surface area (Å²) in [6.07, 6.45) is -0.543. The van der Waals surface area contributed by atoms with Crippen LogP contribution in [-0.2, 0) is 0 Å². The predicted octanol–water partition coefficient (Wildman–Crippen LogP) is 4.09. The number of non-ortho nitro benzene ring substituents is 1. The zero-order valence-corrected chi connectivity index (χ0v) is 15.1. The maximum atomic E-state index is 13.4. The van der Waals surface area contributed by atoms with Gasteiger partial charge in [0.2, 0.25) is 6.79 Å². The van der Waals surface area contributed by atoms with Crippen molar-refractivity contribution in [2.75, 3.05) is 17.0 Å². The Morgan fingerprint density at radius 2 is 1.76 bits per heavy atom. The molecule has 1 unspecified atom stereocenters. The van der Waals surface area contributed by atoms with E-state index < -0.39 is 11.1 Å².